The van der Waals surface area contributed by atoms with Gasteiger partial charge in [0.15, 0.2) is 0 Å². The van der Waals surface area contributed by atoms with Crippen molar-refractivity contribution < 1.29 is 13.2 Å². The minimum absolute atomic E-state index is 0.194. The average Bonchev–Trinajstić information content (AvgIpc) is 2.62. The second-order valence-corrected chi connectivity index (χ2v) is 9.05. The number of alkyl halides is 2. The van der Waals surface area contributed by atoms with Crippen LogP contribution in [-0.2, 0) is 16.4 Å². The van der Waals surface area contributed by atoms with Crippen molar-refractivity contribution in [1.82, 2.24) is 4.72 Å². The Morgan fingerprint density at radius 1 is 1.07 bits per heavy atom. The van der Waals surface area contributed by atoms with Gasteiger partial charge in [0.25, 0.3) is 0 Å². The summed E-state index contributed by atoms with van der Waals surface area (Å²) in [5.41, 5.74) is 1.51. The molecule has 1 aliphatic heterocycles. The number of benzene rings is 2. The van der Waals surface area contributed by atoms with Crippen LogP contribution >= 0.6 is 23.2 Å². The van der Waals surface area contributed by atoms with E-state index in [0.717, 1.165) is 11.1 Å². The van der Waals surface area contributed by atoms with Crippen LogP contribution in [0.2, 0.25) is 0 Å². The number of nitrogens with one attached hydrogen (secondary N) is 1. The van der Waals surface area contributed by atoms with Crippen molar-refractivity contribution in [3.05, 3.63) is 65.7 Å². The highest BCUT2D eigenvalue weighted by Crippen LogP contribution is 2.32. The number of halogens is 2. The van der Waals surface area contributed by atoms with Crippen molar-refractivity contribution in [1.29, 1.82) is 0 Å². The van der Waals surface area contributed by atoms with E-state index in [2.05, 4.69) is 4.72 Å². The molecule has 146 valence electrons. The van der Waals surface area contributed by atoms with Gasteiger partial charge in [0.2, 0.25) is 10.0 Å². The van der Waals surface area contributed by atoms with Crippen molar-refractivity contribution in [3.8, 4) is 5.75 Å². The fraction of sp³-hybridized carbons (Fsp3) is 0.300. The molecule has 4 nitrogen and oxygen atoms in total. The number of sulfonamides is 1. The number of hydrogen-bond acceptors (Lipinski definition) is 3. The van der Waals surface area contributed by atoms with E-state index < -0.39 is 10.0 Å². The van der Waals surface area contributed by atoms with Crippen LogP contribution in [0.25, 0.3) is 6.08 Å². The van der Waals surface area contributed by atoms with Crippen LogP contribution in [-0.4, -0.2) is 25.9 Å². The van der Waals surface area contributed by atoms with Gasteiger partial charge >= 0.3 is 0 Å². The van der Waals surface area contributed by atoms with Gasteiger partial charge in [-0.25, -0.2) is 13.1 Å². The summed E-state index contributed by atoms with van der Waals surface area (Å²) in [5.74, 6) is 0.700. The van der Waals surface area contributed by atoms with E-state index in [1.807, 2.05) is 56.3 Å². The summed E-state index contributed by atoms with van der Waals surface area (Å²) in [7, 11) is -3.53. The van der Waals surface area contributed by atoms with Crippen molar-refractivity contribution in [2.75, 3.05) is 11.9 Å². The molecule has 1 N–H and O–H groups in total. The first kappa shape index (κ1) is 21.8. The smallest absolute Gasteiger partial charge is 0.240 e. The number of ether oxygens (including phenoxy) is 1. The molecule has 0 aromatic heterocycles. The summed E-state index contributed by atoms with van der Waals surface area (Å²) in [6.45, 7) is 4.28. The van der Waals surface area contributed by atoms with E-state index in [0.29, 0.717) is 18.7 Å². The van der Waals surface area contributed by atoms with E-state index in [4.69, 9.17) is 27.9 Å². The van der Waals surface area contributed by atoms with Crippen molar-refractivity contribution in [2.45, 2.75) is 30.8 Å². The zero-order chi connectivity index (χ0) is 19.9. The van der Waals surface area contributed by atoms with Crippen molar-refractivity contribution >= 4 is 39.3 Å². The maximum atomic E-state index is 12.5. The molecular weight excluding hydrogens is 405 g/mol. The lowest BCUT2D eigenvalue weighted by Gasteiger charge is -2.28. The van der Waals surface area contributed by atoms with Crippen LogP contribution < -0.4 is 9.46 Å². The van der Waals surface area contributed by atoms with Gasteiger partial charge in [-0.15, -0.1) is 23.2 Å². The Morgan fingerprint density at radius 3 is 2.41 bits per heavy atom. The van der Waals surface area contributed by atoms with E-state index >= 15 is 0 Å². The van der Waals surface area contributed by atoms with Gasteiger partial charge in [-0.1, -0.05) is 36.4 Å². The first-order valence-corrected chi connectivity index (χ1v) is 11.0. The molecule has 7 heteroatoms. The third-order valence-corrected chi connectivity index (χ3v) is 5.34. The molecular formula is C20H23Cl2NO3S. The third kappa shape index (κ3) is 6.54. The van der Waals surface area contributed by atoms with E-state index in [9.17, 15) is 8.42 Å². The number of fused-ring (bicyclic) bond motifs is 1. The van der Waals surface area contributed by atoms with E-state index in [1.165, 1.54) is 0 Å². The summed E-state index contributed by atoms with van der Waals surface area (Å²) >= 11 is 9.53. The van der Waals surface area contributed by atoms with Gasteiger partial charge in [-0.2, -0.15) is 0 Å². The van der Waals surface area contributed by atoms with Gasteiger partial charge in [0.1, 0.15) is 11.4 Å². The fourth-order valence-electron chi connectivity index (χ4n) is 2.58. The molecule has 2 aromatic carbocycles. The Labute approximate surface area is 171 Å². The van der Waals surface area contributed by atoms with Gasteiger partial charge in [0, 0.05) is 12.1 Å². The molecule has 2 aromatic rings. The Hall–Kier alpha value is -1.53. The van der Waals surface area contributed by atoms with Gasteiger partial charge < -0.3 is 4.74 Å². The molecule has 1 aliphatic rings. The fourth-order valence-corrected chi connectivity index (χ4v) is 3.65. The predicted octanol–water partition coefficient (Wildman–Crippen LogP) is 4.81. The van der Waals surface area contributed by atoms with Crippen molar-refractivity contribution in [3.63, 3.8) is 0 Å². The molecule has 0 atom stereocenters. The van der Waals surface area contributed by atoms with Gasteiger partial charge in [0.05, 0.1) is 10.2 Å². The summed E-state index contributed by atoms with van der Waals surface area (Å²) in [4.78, 5) is 0.252. The molecule has 0 saturated heterocycles. The predicted molar refractivity (Wildman–Crippen MR) is 112 cm³/mol. The maximum absolute atomic E-state index is 12.5. The highest BCUT2D eigenvalue weighted by molar-refractivity contribution is 7.89. The molecule has 0 spiro atoms. The first-order valence-electron chi connectivity index (χ1n) is 8.45. The molecule has 1 heterocycles. The monoisotopic (exact) mass is 427 g/mol. The van der Waals surface area contributed by atoms with Crippen molar-refractivity contribution in [2.24, 2.45) is 0 Å². The largest absolute Gasteiger partial charge is 0.483 e. The Balaban J connectivity index is 0.000000817. The Morgan fingerprint density at radius 2 is 1.74 bits per heavy atom. The number of hydrogen-bond donors (Lipinski definition) is 1. The van der Waals surface area contributed by atoms with Crippen LogP contribution in [0.5, 0.6) is 5.75 Å². The minimum Gasteiger partial charge on any atom is -0.483 e. The normalized spacial score (nSPS) is 14.5. The van der Waals surface area contributed by atoms with Crippen LogP contribution in [0.4, 0.5) is 0 Å². The lowest BCUT2D eigenvalue weighted by Crippen LogP contribution is -2.28. The molecule has 3 rings (SSSR count). The first-order chi connectivity index (χ1) is 12.8. The SMILES string of the molecule is CC1(C)C=Cc2cc(S(=O)(=O)NCCc3ccccc3)ccc2O1.ClCCl. The summed E-state index contributed by atoms with van der Waals surface area (Å²) in [6.07, 6.45) is 4.48. The molecule has 0 amide bonds. The van der Waals surface area contributed by atoms with Gasteiger partial charge in [-0.05, 0) is 50.1 Å². The third-order valence-electron chi connectivity index (χ3n) is 3.88. The summed E-state index contributed by atoms with van der Waals surface area (Å²) in [5, 5.41) is 0.194. The average molecular weight is 428 g/mol. The second kappa shape index (κ2) is 9.60. The van der Waals surface area contributed by atoms with Gasteiger partial charge in [-0.3, -0.25) is 0 Å². The molecule has 0 unspecified atom stereocenters. The highest BCUT2D eigenvalue weighted by Gasteiger charge is 2.23. The lowest BCUT2D eigenvalue weighted by atomic mass is 10.0. The van der Waals surface area contributed by atoms with Crippen LogP contribution in [0.15, 0.2) is 59.5 Å². The topological polar surface area (TPSA) is 55.4 Å². The summed E-state index contributed by atoms with van der Waals surface area (Å²) < 4.78 is 33.4. The van der Waals surface area contributed by atoms with E-state index in [-0.39, 0.29) is 15.8 Å². The van der Waals surface area contributed by atoms with Crippen LogP contribution in [0, 0.1) is 0 Å². The second-order valence-electron chi connectivity index (χ2n) is 6.47. The molecule has 0 saturated carbocycles. The Kier molecular flexibility index (Phi) is 7.74. The van der Waals surface area contributed by atoms with Crippen LogP contribution in [0.1, 0.15) is 25.0 Å². The number of rotatable bonds is 5. The zero-order valence-corrected chi connectivity index (χ0v) is 17.6. The lowest BCUT2D eigenvalue weighted by molar-refractivity contribution is 0.159. The maximum Gasteiger partial charge on any atom is 0.240 e. The quantitative estimate of drug-likeness (QED) is 0.696. The molecule has 0 bridgehead atoms. The standard InChI is InChI=1S/C19H21NO3S.CH2Cl2/c1-19(2)12-10-16-14-17(8-9-18(16)23-19)24(21,22)20-13-11-15-6-4-3-5-7-15;2-1-3/h3-10,12,14,20H,11,13H2,1-2H3;1H2. The molecule has 0 fully saturated rings. The minimum atomic E-state index is -3.53. The Bertz CT molecular complexity index is 881. The van der Waals surface area contributed by atoms with Crippen LogP contribution in [0.3, 0.4) is 0 Å². The zero-order valence-electron chi connectivity index (χ0n) is 15.3. The van der Waals surface area contributed by atoms with E-state index in [1.54, 1.807) is 18.2 Å². The molecule has 0 aliphatic carbocycles. The summed E-state index contributed by atoms with van der Waals surface area (Å²) in [6, 6.07) is 14.7. The molecule has 0 radical (unpaired) electrons. The highest BCUT2D eigenvalue weighted by atomic mass is 35.5. The molecule has 27 heavy (non-hydrogen) atoms.